The number of aromatic nitrogens is 1. The lowest BCUT2D eigenvalue weighted by atomic mass is 10.4. The van der Waals surface area contributed by atoms with Gasteiger partial charge in [-0.25, -0.2) is 22.2 Å². The van der Waals surface area contributed by atoms with Crippen LogP contribution in [0.5, 0.6) is 0 Å². The molecule has 0 saturated carbocycles. The molecule has 15 heavy (non-hydrogen) atoms. The molecule has 1 aromatic heterocycles. The highest BCUT2D eigenvalue weighted by atomic mass is 79.9. The fourth-order valence-corrected chi connectivity index (χ4v) is 2.11. The van der Waals surface area contributed by atoms with Gasteiger partial charge in [-0.05, 0) is 22.0 Å². The lowest BCUT2D eigenvalue weighted by Crippen LogP contribution is -2.01. The van der Waals surface area contributed by atoms with E-state index in [9.17, 15) is 17.2 Å². The zero-order valence-corrected chi connectivity index (χ0v) is 10.6. The number of rotatable bonds is 2. The Morgan fingerprint density at radius 1 is 1.47 bits per heavy atom. The van der Waals surface area contributed by atoms with E-state index < -0.39 is 26.2 Å². The van der Waals surface area contributed by atoms with E-state index in [1.807, 2.05) is 0 Å². The molecule has 0 unspecified atom stereocenters. The van der Waals surface area contributed by atoms with Crippen LogP contribution in [0.25, 0.3) is 0 Å². The smallest absolute Gasteiger partial charge is 0.233 e. The van der Waals surface area contributed by atoms with Crippen LogP contribution in [0.1, 0.15) is 12.1 Å². The van der Waals surface area contributed by atoms with Crippen molar-refractivity contribution in [3.05, 3.63) is 21.3 Å². The zero-order valence-electron chi connectivity index (χ0n) is 6.72. The van der Waals surface area contributed by atoms with Crippen LogP contribution in [0.2, 0.25) is 5.02 Å². The second kappa shape index (κ2) is 4.48. The first-order valence-corrected chi connectivity index (χ1v) is 6.80. The molecule has 0 saturated heterocycles. The summed E-state index contributed by atoms with van der Waals surface area (Å²) >= 11 is 8.30. The first kappa shape index (κ1) is 13.1. The minimum Gasteiger partial charge on any atom is -0.233 e. The van der Waals surface area contributed by atoms with Crippen molar-refractivity contribution >= 4 is 47.3 Å². The van der Waals surface area contributed by atoms with E-state index in [1.54, 1.807) is 0 Å². The highest BCUT2D eigenvalue weighted by Crippen LogP contribution is 2.33. The standard InChI is InChI=1S/C6H2BrCl2F2NO2S/c7-4-2(8)1-3(15(9,13)14)12-5(4)6(10)11/h1,6H. The van der Waals surface area contributed by atoms with Crippen LogP contribution in [0.15, 0.2) is 15.6 Å². The molecule has 0 radical (unpaired) electrons. The maximum atomic E-state index is 12.4. The van der Waals surface area contributed by atoms with E-state index in [2.05, 4.69) is 20.9 Å². The SMILES string of the molecule is O=S(=O)(Cl)c1cc(Cl)c(Br)c(C(F)F)n1. The van der Waals surface area contributed by atoms with Gasteiger partial charge in [-0.2, -0.15) is 0 Å². The Morgan fingerprint density at radius 3 is 2.40 bits per heavy atom. The predicted molar refractivity (Wildman–Crippen MR) is 54.9 cm³/mol. The maximum Gasteiger partial charge on any atom is 0.281 e. The predicted octanol–water partition coefficient (Wildman–Crippen LogP) is 3.36. The van der Waals surface area contributed by atoms with Gasteiger partial charge in [0, 0.05) is 10.7 Å². The molecule has 0 aliphatic heterocycles. The quantitative estimate of drug-likeness (QED) is 0.775. The first-order chi connectivity index (χ1) is 6.73. The molecule has 84 valence electrons. The number of nitrogens with zero attached hydrogens (tertiary/aromatic N) is 1. The molecule has 0 spiro atoms. The molecular formula is C6H2BrCl2F2NO2S. The van der Waals surface area contributed by atoms with E-state index in [1.165, 1.54) is 0 Å². The number of halogens is 5. The Hall–Kier alpha value is 0.0200. The molecule has 0 aliphatic carbocycles. The number of pyridine rings is 1. The van der Waals surface area contributed by atoms with E-state index in [0.29, 0.717) is 0 Å². The fourth-order valence-electron chi connectivity index (χ4n) is 0.764. The topological polar surface area (TPSA) is 47.0 Å². The molecule has 1 heterocycles. The Morgan fingerprint density at radius 2 is 2.00 bits per heavy atom. The van der Waals surface area contributed by atoms with Gasteiger partial charge >= 0.3 is 0 Å². The molecule has 1 aromatic rings. The normalized spacial score (nSPS) is 12.1. The van der Waals surface area contributed by atoms with Gasteiger partial charge in [-0.3, -0.25) is 0 Å². The van der Waals surface area contributed by atoms with Crippen molar-refractivity contribution in [3.8, 4) is 0 Å². The van der Waals surface area contributed by atoms with Crippen LogP contribution in [-0.2, 0) is 9.05 Å². The van der Waals surface area contributed by atoms with Gasteiger partial charge in [-0.1, -0.05) is 11.6 Å². The summed E-state index contributed by atoms with van der Waals surface area (Å²) in [6.07, 6.45) is -2.95. The Bertz CT molecular complexity index is 494. The maximum absolute atomic E-state index is 12.4. The Kier molecular flexibility index (Phi) is 3.91. The van der Waals surface area contributed by atoms with Crippen LogP contribution in [0.4, 0.5) is 8.78 Å². The van der Waals surface area contributed by atoms with Crippen molar-refractivity contribution in [3.63, 3.8) is 0 Å². The number of hydrogen-bond donors (Lipinski definition) is 0. The van der Waals surface area contributed by atoms with Crippen LogP contribution < -0.4 is 0 Å². The van der Waals surface area contributed by atoms with Crippen molar-refractivity contribution in [2.75, 3.05) is 0 Å². The molecule has 0 bridgehead atoms. The van der Waals surface area contributed by atoms with Crippen molar-refractivity contribution in [2.24, 2.45) is 0 Å². The molecule has 0 aliphatic rings. The van der Waals surface area contributed by atoms with Crippen molar-refractivity contribution in [1.82, 2.24) is 4.98 Å². The highest BCUT2D eigenvalue weighted by Gasteiger charge is 2.22. The summed E-state index contributed by atoms with van der Waals surface area (Å²) < 4.78 is 46.3. The number of hydrogen-bond acceptors (Lipinski definition) is 3. The van der Waals surface area contributed by atoms with Gasteiger partial charge in [0.1, 0.15) is 5.69 Å². The average Bonchev–Trinajstić information content (AvgIpc) is 2.06. The summed E-state index contributed by atoms with van der Waals surface area (Å²) in [5, 5.41) is -0.896. The molecule has 0 fully saturated rings. The lowest BCUT2D eigenvalue weighted by Gasteiger charge is -2.05. The summed E-state index contributed by atoms with van der Waals surface area (Å²) in [5.74, 6) is 0. The molecule has 0 atom stereocenters. The Labute approximate surface area is 102 Å². The van der Waals surface area contributed by atoms with Gasteiger partial charge in [0.25, 0.3) is 15.5 Å². The summed E-state index contributed by atoms with van der Waals surface area (Å²) in [7, 11) is 0.775. The Balaban J connectivity index is 3.50. The van der Waals surface area contributed by atoms with E-state index in [4.69, 9.17) is 22.3 Å². The van der Waals surface area contributed by atoms with Gasteiger partial charge in [0.15, 0.2) is 5.03 Å². The van der Waals surface area contributed by atoms with Crippen LogP contribution >= 0.6 is 38.2 Å². The van der Waals surface area contributed by atoms with Gasteiger partial charge in [0.05, 0.1) is 9.50 Å². The molecular weight excluding hydrogens is 339 g/mol. The van der Waals surface area contributed by atoms with Crippen LogP contribution in [0, 0.1) is 0 Å². The van der Waals surface area contributed by atoms with Crippen LogP contribution in [0.3, 0.4) is 0 Å². The minimum absolute atomic E-state index is 0.150. The summed E-state index contributed by atoms with van der Waals surface area (Å²) in [6.45, 7) is 0. The fraction of sp³-hybridized carbons (Fsp3) is 0.167. The second-order valence-electron chi connectivity index (χ2n) is 2.38. The summed E-state index contributed by atoms with van der Waals surface area (Å²) in [6, 6.07) is 0.889. The zero-order chi connectivity index (χ0) is 11.8. The van der Waals surface area contributed by atoms with E-state index in [-0.39, 0.29) is 9.50 Å². The molecule has 0 amide bonds. The van der Waals surface area contributed by atoms with Crippen LogP contribution in [-0.4, -0.2) is 13.4 Å². The highest BCUT2D eigenvalue weighted by molar-refractivity contribution is 9.10. The van der Waals surface area contributed by atoms with Crippen molar-refractivity contribution in [1.29, 1.82) is 0 Å². The van der Waals surface area contributed by atoms with Gasteiger partial charge in [-0.15, -0.1) is 0 Å². The molecule has 0 aromatic carbocycles. The largest absolute Gasteiger partial charge is 0.281 e. The lowest BCUT2D eigenvalue weighted by molar-refractivity contribution is 0.144. The van der Waals surface area contributed by atoms with E-state index >= 15 is 0 Å². The summed E-state index contributed by atoms with van der Waals surface area (Å²) in [4.78, 5) is 3.20. The van der Waals surface area contributed by atoms with Gasteiger partial charge in [0.2, 0.25) is 0 Å². The molecule has 9 heteroatoms. The van der Waals surface area contributed by atoms with Crippen molar-refractivity contribution < 1.29 is 17.2 Å². The third-order valence-corrected chi connectivity index (χ3v) is 3.91. The first-order valence-electron chi connectivity index (χ1n) is 3.32. The number of alkyl halides is 2. The second-order valence-corrected chi connectivity index (χ2v) is 6.09. The monoisotopic (exact) mass is 339 g/mol. The van der Waals surface area contributed by atoms with E-state index in [0.717, 1.165) is 6.07 Å². The average molecular weight is 341 g/mol. The molecule has 1 rings (SSSR count). The molecule has 3 nitrogen and oxygen atoms in total. The minimum atomic E-state index is -4.18. The third kappa shape index (κ3) is 2.99. The van der Waals surface area contributed by atoms with Crippen molar-refractivity contribution in [2.45, 2.75) is 11.5 Å². The summed E-state index contributed by atoms with van der Waals surface area (Å²) in [5.41, 5.74) is -0.762. The molecule has 0 N–H and O–H groups in total. The van der Waals surface area contributed by atoms with Gasteiger partial charge < -0.3 is 0 Å². The third-order valence-electron chi connectivity index (χ3n) is 1.37.